The van der Waals surface area contributed by atoms with Crippen molar-refractivity contribution in [3.63, 3.8) is 0 Å². The van der Waals surface area contributed by atoms with Gasteiger partial charge in [-0.3, -0.25) is 0 Å². The van der Waals surface area contributed by atoms with Gasteiger partial charge >= 0.3 is 58.4 Å². The number of nitrogens with two attached hydrogens (primary N) is 1. The first-order chi connectivity index (χ1) is 6.47. The fraction of sp³-hybridized carbons (Fsp3) is 0. The standard InChI is InChI=1S/C7H5BF3N2O.K/c9-8(10,11)4-1-2-6-5(3-4)13-7(12)14-6;/h1-3H,(H2,12,13);/q-1;+1. The van der Waals surface area contributed by atoms with E-state index in [0.29, 0.717) is 0 Å². The van der Waals surface area contributed by atoms with Crippen molar-refractivity contribution in [1.82, 2.24) is 4.98 Å². The molecule has 0 spiro atoms. The van der Waals surface area contributed by atoms with Gasteiger partial charge in [-0.1, -0.05) is 12.1 Å². The van der Waals surface area contributed by atoms with Crippen molar-refractivity contribution < 1.29 is 68.7 Å². The molecule has 0 fully saturated rings. The van der Waals surface area contributed by atoms with Gasteiger partial charge in [0.2, 0.25) is 0 Å². The Morgan fingerprint density at radius 1 is 1.27 bits per heavy atom. The zero-order valence-corrected chi connectivity index (χ0v) is 11.0. The third-order valence-electron chi connectivity index (χ3n) is 1.81. The molecule has 1 aromatic carbocycles. The first-order valence-electron chi connectivity index (χ1n) is 3.83. The van der Waals surface area contributed by atoms with E-state index in [1.54, 1.807) is 0 Å². The van der Waals surface area contributed by atoms with Crippen LogP contribution in [0.3, 0.4) is 0 Å². The van der Waals surface area contributed by atoms with Gasteiger partial charge < -0.3 is 23.1 Å². The monoisotopic (exact) mass is 240 g/mol. The second-order valence-corrected chi connectivity index (χ2v) is 2.85. The maximum absolute atomic E-state index is 12.3. The predicted octanol–water partition coefficient (Wildman–Crippen LogP) is -1.53. The number of nitrogens with zero attached hydrogens (tertiary/aromatic N) is 1. The number of hydrogen-bond donors (Lipinski definition) is 1. The molecule has 0 aliphatic heterocycles. The van der Waals surface area contributed by atoms with Crippen LogP contribution in [0.15, 0.2) is 22.6 Å². The number of oxazole rings is 1. The second kappa shape index (κ2) is 4.46. The summed E-state index contributed by atoms with van der Waals surface area (Å²) >= 11 is 0. The van der Waals surface area contributed by atoms with E-state index in [9.17, 15) is 12.9 Å². The molecule has 2 N–H and O–H groups in total. The summed E-state index contributed by atoms with van der Waals surface area (Å²) in [6.45, 7) is -5.00. The van der Waals surface area contributed by atoms with Gasteiger partial charge in [0.15, 0.2) is 5.58 Å². The Kier molecular flexibility index (Phi) is 3.88. The molecule has 8 heteroatoms. The molecule has 0 saturated carbocycles. The zero-order valence-electron chi connectivity index (χ0n) is 7.88. The van der Waals surface area contributed by atoms with Gasteiger partial charge in [-0.15, -0.1) is 5.46 Å². The Labute approximate surface area is 126 Å². The maximum atomic E-state index is 12.3. The summed E-state index contributed by atoms with van der Waals surface area (Å²) in [5.41, 5.74) is 4.87. The van der Waals surface area contributed by atoms with Crippen LogP contribution in [0.2, 0.25) is 0 Å². The van der Waals surface area contributed by atoms with Crippen molar-refractivity contribution in [2.24, 2.45) is 0 Å². The van der Waals surface area contributed by atoms with E-state index >= 15 is 0 Å². The molecular weight excluding hydrogens is 235 g/mol. The number of benzene rings is 1. The van der Waals surface area contributed by atoms with Crippen LogP contribution >= 0.6 is 0 Å². The van der Waals surface area contributed by atoms with Gasteiger partial charge in [-0.05, 0) is 6.07 Å². The molecule has 0 bridgehead atoms. The molecule has 15 heavy (non-hydrogen) atoms. The number of nitrogen functional groups attached to an aromatic ring is 1. The average Bonchev–Trinajstić information content (AvgIpc) is 2.41. The van der Waals surface area contributed by atoms with Crippen LogP contribution in [0.1, 0.15) is 0 Å². The topological polar surface area (TPSA) is 52.0 Å². The Bertz CT molecular complexity index is 485. The third-order valence-corrected chi connectivity index (χ3v) is 1.81. The van der Waals surface area contributed by atoms with Crippen LogP contribution in [0.25, 0.3) is 11.1 Å². The fourth-order valence-corrected chi connectivity index (χ4v) is 1.17. The van der Waals surface area contributed by atoms with Gasteiger partial charge in [0.05, 0.1) is 0 Å². The largest absolute Gasteiger partial charge is 1.00 e. The molecule has 3 nitrogen and oxygen atoms in total. The smallest absolute Gasteiger partial charge is 0.445 e. The predicted molar refractivity (Wildman–Crippen MR) is 47.1 cm³/mol. The van der Waals surface area contributed by atoms with Gasteiger partial charge in [-0.2, -0.15) is 4.98 Å². The van der Waals surface area contributed by atoms with E-state index in [0.717, 1.165) is 12.1 Å². The SMILES string of the molecule is Nc1nc2cc([B-](F)(F)F)ccc2o1.[K+]. The zero-order chi connectivity index (χ0) is 10.3. The first kappa shape index (κ1) is 13.0. The summed E-state index contributed by atoms with van der Waals surface area (Å²) in [4.78, 5) is 3.61. The van der Waals surface area contributed by atoms with E-state index in [4.69, 9.17) is 10.2 Å². The molecule has 0 unspecified atom stereocenters. The first-order valence-corrected chi connectivity index (χ1v) is 3.83. The molecule has 0 aliphatic carbocycles. The minimum Gasteiger partial charge on any atom is -0.445 e. The van der Waals surface area contributed by atoms with Crippen molar-refractivity contribution >= 4 is 29.6 Å². The van der Waals surface area contributed by atoms with Crippen LogP contribution in [0.4, 0.5) is 19.0 Å². The number of rotatable bonds is 1. The van der Waals surface area contributed by atoms with Crippen molar-refractivity contribution in [3.8, 4) is 0 Å². The summed E-state index contributed by atoms with van der Waals surface area (Å²) < 4.78 is 41.7. The molecule has 2 aromatic rings. The van der Waals surface area contributed by atoms with Crippen LogP contribution in [0.5, 0.6) is 0 Å². The second-order valence-electron chi connectivity index (χ2n) is 2.85. The van der Waals surface area contributed by atoms with E-state index in [1.165, 1.54) is 6.07 Å². The van der Waals surface area contributed by atoms with Crippen molar-refractivity contribution in [2.75, 3.05) is 5.73 Å². The van der Waals surface area contributed by atoms with Gasteiger partial charge in [0.1, 0.15) is 5.52 Å². The van der Waals surface area contributed by atoms with Crippen LogP contribution < -0.4 is 62.6 Å². The van der Waals surface area contributed by atoms with Crippen molar-refractivity contribution in [1.29, 1.82) is 0 Å². The molecular formula is C7H5BF3KN2O. The van der Waals surface area contributed by atoms with Gasteiger partial charge in [-0.25, -0.2) is 0 Å². The fourth-order valence-electron chi connectivity index (χ4n) is 1.17. The van der Waals surface area contributed by atoms with E-state index in [-0.39, 0.29) is 68.5 Å². The molecule has 0 amide bonds. The van der Waals surface area contributed by atoms with Crippen LogP contribution in [-0.2, 0) is 0 Å². The molecule has 2 rings (SSSR count). The number of aromatic nitrogens is 1. The number of halogens is 3. The summed E-state index contributed by atoms with van der Waals surface area (Å²) in [6.07, 6.45) is 0. The molecule has 0 atom stereocenters. The van der Waals surface area contributed by atoms with E-state index < -0.39 is 12.4 Å². The Balaban J connectivity index is 0.00000112. The minimum atomic E-state index is -5.00. The number of hydrogen-bond acceptors (Lipinski definition) is 3. The molecule has 0 radical (unpaired) electrons. The number of fused-ring (bicyclic) bond motifs is 1. The average molecular weight is 240 g/mol. The van der Waals surface area contributed by atoms with E-state index in [1.807, 2.05) is 0 Å². The van der Waals surface area contributed by atoms with Crippen molar-refractivity contribution in [2.45, 2.75) is 0 Å². The molecule has 0 aliphatic rings. The summed E-state index contributed by atoms with van der Waals surface area (Å²) in [7, 11) is 0. The normalized spacial score (nSPS) is 11.4. The minimum absolute atomic E-state index is 0. The molecule has 1 aromatic heterocycles. The Hall–Kier alpha value is -0.0187. The van der Waals surface area contributed by atoms with Gasteiger partial charge in [0.25, 0.3) is 6.01 Å². The van der Waals surface area contributed by atoms with Gasteiger partial charge in [0, 0.05) is 0 Å². The van der Waals surface area contributed by atoms with Crippen LogP contribution in [0, 0.1) is 0 Å². The molecule has 74 valence electrons. The number of anilines is 1. The Morgan fingerprint density at radius 3 is 2.53 bits per heavy atom. The summed E-state index contributed by atoms with van der Waals surface area (Å²) in [5, 5.41) is 0. The molecule has 0 saturated heterocycles. The van der Waals surface area contributed by atoms with E-state index in [2.05, 4.69) is 4.98 Å². The third kappa shape index (κ3) is 2.76. The maximum Gasteiger partial charge on any atom is 1.00 e. The summed E-state index contributed by atoms with van der Waals surface area (Å²) in [6, 6.07) is 2.96. The summed E-state index contributed by atoms with van der Waals surface area (Å²) in [5.74, 6) is 0. The Morgan fingerprint density at radius 2 is 1.93 bits per heavy atom. The molecule has 1 heterocycles. The van der Waals surface area contributed by atoms with Crippen LogP contribution in [-0.4, -0.2) is 12.0 Å². The quantitative estimate of drug-likeness (QED) is 0.615. The van der Waals surface area contributed by atoms with Crippen molar-refractivity contribution in [3.05, 3.63) is 18.2 Å².